The molecule has 0 spiro atoms. The topological polar surface area (TPSA) is 57.8 Å². The number of nitrogens with zero attached hydrogens (tertiary/aromatic N) is 1. The van der Waals surface area contributed by atoms with Crippen molar-refractivity contribution >= 4 is 17.8 Å². The fraction of sp³-hybridized carbons (Fsp3) is 0.294. The molecule has 21 heavy (non-hydrogen) atoms. The molecule has 0 aliphatic heterocycles. The van der Waals surface area contributed by atoms with Crippen molar-refractivity contribution in [3.05, 3.63) is 52.7 Å². The van der Waals surface area contributed by atoms with Crippen LogP contribution in [0.1, 0.15) is 42.1 Å². The average Bonchev–Trinajstić information content (AvgIpc) is 2.77. The number of amides is 1. The Morgan fingerprint density at radius 2 is 1.90 bits per heavy atom. The monoisotopic (exact) mass is 283 g/mol. The van der Waals surface area contributed by atoms with Gasteiger partial charge < -0.3 is 5.32 Å². The molecule has 2 aromatic rings. The van der Waals surface area contributed by atoms with Gasteiger partial charge in [-0.2, -0.15) is 5.10 Å². The van der Waals surface area contributed by atoms with Crippen LogP contribution in [0.25, 0.3) is 6.08 Å². The largest absolute Gasteiger partial charge is 0.305 e. The molecule has 2 N–H and O–H groups in total. The second-order valence-corrected chi connectivity index (χ2v) is 5.47. The van der Waals surface area contributed by atoms with Gasteiger partial charge >= 0.3 is 0 Å². The van der Waals surface area contributed by atoms with Gasteiger partial charge in [0.15, 0.2) is 5.82 Å². The molecule has 0 radical (unpaired) electrons. The molecule has 0 unspecified atom stereocenters. The minimum Gasteiger partial charge on any atom is -0.305 e. The third-order valence-electron chi connectivity index (χ3n) is 3.53. The smallest absolute Gasteiger partial charge is 0.249 e. The number of aromatic amines is 1. The highest BCUT2D eigenvalue weighted by atomic mass is 16.1. The summed E-state index contributed by atoms with van der Waals surface area (Å²) in [5, 5.41) is 9.66. The molecule has 0 aliphatic rings. The van der Waals surface area contributed by atoms with Crippen molar-refractivity contribution in [1.29, 1.82) is 0 Å². The molecule has 0 saturated heterocycles. The average molecular weight is 283 g/mol. The van der Waals surface area contributed by atoms with Gasteiger partial charge in [0.2, 0.25) is 5.91 Å². The summed E-state index contributed by atoms with van der Waals surface area (Å²) in [6, 6.07) is 8.21. The van der Waals surface area contributed by atoms with Gasteiger partial charge in [-0.15, -0.1) is 0 Å². The maximum atomic E-state index is 11.9. The zero-order valence-corrected chi connectivity index (χ0v) is 12.9. The summed E-state index contributed by atoms with van der Waals surface area (Å²) in [6.07, 6.45) is 3.32. The third kappa shape index (κ3) is 3.81. The van der Waals surface area contributed by atoms with E-state index in [-0.39, 0.29) is 5.91 Å². The molecule has 0 fully saturated rings. The van der Waals surface area contributed by atoms with Crippen molar-refractivity contribution < 1.29 is 4.79 Å². The van der Waals surface area contributed by atoms with Gasteiger partial charge in [0.05, 0.1) is 0 Å². The third-order valence-corrected chi connectivity index (χ3v) is 3.53. The number of rotatable bonds is 4. The molecule has 0 saturated carbocycles. The lowest BCUT2D eigenvalue weighted by molar-refractivity contribution is -0.111. The number of aryl methyl sites for hydroxylation is 1. The van der Waals surface area contributed by atoms with Crippen LogP contribution in [0.15, 0.2) is 30.3 Å². The summed E-state index contributed by atoms with van der Waals surface area (Å²) in [7, 11) is 0. The Morgan fingerprint density at radius 1 is 1.24 bits per heavy atom. The Morgan fingerprint density at radius 3 is 2.43 bits per heavy atom. The van der Waals surface area contributed by atoms with Crippen LogP contribution in [0.3, 0.4) is 0 Å². The molecule has 0 aliphatic carbocycles. The van der Waals surface area contributed by atoms with E-state index in [0.29, 0.717) is 11.7 Å². The van der Waals surface area contributed by atoms with Crippen LogP contribution in [0.2, 0.25) is 0 Å². The molecule has 2 rings (SSSR count). The first-order valence-corrected chi connectivity index (χ1v) is 7.08. The van der Waals surface area contributed by atoms with Crippen LogP contribution in [0, 0.1) is 13.8 Å². The highest BCUT2D eigenvalue weighted by Gasteiger charge is 2.07. The van der Waals surface area contributed by atoms with Gasteiger partial charge in [0, 0.05) is 17.3 Å². The number of hydrogen-bond acceptors (Lipinski definition) is 2. The lowest BCUT2D eigenvalue weighted by atomic mass is 10.0. The number of H-pyrrole nitrogens is 1. The predicted molar refractivity (Wildman–Crippen MR) is 86.3 cm³/mol. The summed E-state index contributed by atoms with van der Waals surface area (Å²) >= 11 is 0. The molecular weight excluding hydrogens is 262 g/mol. The number of carbonyl (C=O) groups excluding carboxylic acids is 1. The van der Waals surface area contributed by atoms with E-state index in [4.69, 9.17) is 0 Å². The summed E-state index contributed by atoms with van der Waals surface area (Å²) in [4.78, 5) is 11.9. The van der Waals surface area contributed by atoms with Crippen molar-refractivity contribution in [2.24, 2.45) is 0 Å². The first-order valence-electron chi connectivity index (χ1n) is 7.08. The van der Waals surface area contributed by atoms with Crippen LogP contribution in [0.4, 0.5) is 5.82 Å². The fourth-order valence-corrected chi connectivity index (χ4v) is 1.93. The van der Waals surface area contributed by atoms with Gasteiger partial charge in [-0.05, 0) is 37.0 Å². The van der Waals surface area contributed by atoms with Crippen molar-refractivity contribution in [3.63, 3.8) is 0 Å². The van der Waals surface area contributed by atoms with E-state index in [0.717, 1.165) is 16.8 Å². The summed E-state index contributed by atoms with van der Waals surface area (Å²) in [6.45, 7) is 8.16. The second-order valence-electron chi connectivity index (χ2n) is 5.47. The molecule has 1 aromatic heterocycles. The Balaban J connectivity index is 2.00. The standard InChI is InChI=1S/C17H21N3O/c1-11(2)15-8-5-14(6-9-15)7-10-16(21)18-17-12(3)13(4)19-20-17/h5-11H,1-4H3,(H2,18,19,20,21)/b10-7+. The fourth-order valence-electron chi connectivity index (χ4n) is 1.93. The molecular formula is C17H21N3O. The van der Waals surface area contributed by atoms with E-state index in [1.807, 2.05) is 26.0 Å². The number of anilines is 1. The maximum absolute atomic E-state index is 11.9. The van der Waals surface area contributed by atoms with Crippen LogP contribution < -0.4 is 5.32 Å². The van der Waals surface area contributed by atoms with Crippen LogP contribution in [-0.2, 0) is 4.79 Å². The Bertz CT molecular complexity index is 651. The van der Waals surface area contributed by atoms with Crippen molar-refractivity contribution in [1.82, 2.24) is 10.2 Å². The van der Waals surface area contributed by atoms with Gasteiger partial charge in [-0.25, -0.2) is 0 Å². The normalized spacial score (nSPS) is 11.3. The lowest BCUT2D eigenvalue weighted by Crippen LogP contribution is -2.09. The van der Waals surface area contributed by atoms with E-state index in [9.17, 15) is 4.79 Å². The zero-order chi connectivity index (χ0) is 15.4. The highest BCUT2D eigenvalue weighted by Crippen LogP contribution is 2.16. The quantitative estimate of drug-likeness (QED) is 0.838. The highest BCUT2D eigenvalue weighted by molar-refractivity contribution is 6.01. The van der Waals surface area contributed by atoms with E-state index in [1.54, 1.807) is 6.08 Å². The minimum absolute atomic E-state index is 0.183. The first-order chi connectivity index (χ1) is 9.97. The molecule has 0 bridgehead atoms. The molecule has 1 amide bonds. The van der Waals surface area contributed by atoms with E-state index in [2.05, 4.69) is 41.5 Å². The van der Waals surface area contributed by atoms with E-state index < -0.39 is 0 Å². The van der Waals surface area contributed by atoms with Gasteiger partial charge in [0.25, 0.3) is 0 Å². The number of aromatic nitrogens is 2. The molecule has 1 aromatic carbocycles. The van der Waals surface area contributed by atoms with Gasteiger partial charge in [0.1, 0.15) is 0 Å². The number of carbonyl (C=O) groups is 1. The van der Waals surface area contributed by atoms with E-state index >= 15 is 0 Å². The number of nitrogens with one attached hydrogen (secondary N) is 2. The minimum atomic E-state index is -0.183. The second kappa shape index (κ2) is 6.39. The van der Waals surface area contributed by atoms with E-state index in [1.165, 1.54) is 11.6 Å². The summed E-state index contributed by atoms with van der Waals surface area (Å²) in [5.41, 5.74) is 4.21. The van der Waals surface area contributed by atoms with Crippen LogP contribution in [0.5, 0.6) is 0 Å². The number of benzene rings is 1. The Labute approximate surface area is 125 Å². The molecule has 0 atom stereocenters. The van der Waals surface area contributed by atoms with Crippen molar-refractivity contribution in [2.45, 2.75) is 33.6 Å². The summed E-state index contributed by atoms with van der Waals surface area (Å²) < 4.78 is 0. The van der Waals surface area contributed by atoms with Gasteiger partial charge in [-0.1, -0.05) is 38.1 Å². The first kappa shape index (κ1) is 15.0. The van der Waals surface area contributed by atoms with Gasteiger partial charge in [-0.3, -0.25) is 9.89 Å². The molecule has 1 heterocycles. The zero-order valence-electron chi connectivity index (χ0n) is 12.9. The Hall–Kier alpha value is -2.36. The lowest BCUT2D eigenvalue weighted by Gasteiger charge is -2.04. The summed E-state index contributed by atoms with van der Waals surface area (Å²) in [5.74, 6) is 0.909. The molecule has 110 valence electrons. The predicted octanol–water partition coefficient (Wildman–Crippen LogP) is 3.80. The van der Waals surface area contributed by atoms with Crippen LogP contribution >= 0.6 is 0 Å². The SMILES string of the molecule is Cc1[nH]nc(NC(=O)/C=C/c2ccc(C(C)C)cc2)c1C. The number of hydrogen-bond donors (Lipinski definition) is 2. The van der Waals surface area contributed by atoms with Crippen LogP contribution in [-0.4, -0.2) is 16.1 Å². The van der Waals surface area contributed by atoms with Crippen molar-refractivity contribution in [2.75, 3.05) is 5.32 Å². The maximum Gasteiger partial charge on any atom is 0.249 e. The van der Waals surface area contributed by atoms with Crippen molar-refractivity contribution in [3.8, 4) is 0 Å². The molecule has 4 heteroatoms. The Kier molecular flexibility index (Phi) is 4.58. The molecule has 4 nitrogen and oxygen atoms in total.